The molecule has 0 unspecified atom stereocenters. The Morgan fingerprint density at radius 2 is 1.72 bits per heavy atom. The minimum Gasteiger partial charge on any atom is -0.493 e. The molecule has 6 heteroatoms. The molecule has 0 radical (unpaired) electrons. The van der Waals surface area contributed by atoms with Gasteiger partial charge in [0, 0.05) is 11.1 Å². The minimum absolute atomic E-state index is 0.152. The highest BCUT2D eigenvalue weighted by atomic mass is 35.5. The van der Waals surface area contributed by atoms with Crippen molar-refractivity contribution in [2.75, 3.05) is 21.3 Å². The molecule has 5 nitrogen and oxygen atoms in total. The Kier molecular flexibility index (Phi) is 6.71. The van der Waals surface area contributed by atoms with Gasteiger partial charge in [-0.1, -0.05) is 23.7 Å². The van der Waals surface area contributed by atoms with E-state index in [4.69, 9.17) is 30.5 Å². The second kappa shape index (κ2) is 8.99. The second-order valence-corrected chi connectivity index (χ2v) is 5.47. The summed E-state index contributed by atoms with van der Waals surface area (Å²) in [5.74, 6) is 1.04. The van der Waals surface area contributed by atoms with Gasteiger partial charge < -0.3 is 18.9 Å². The van der Waals surface area contributed by atoms with E-state index in [2.05, 4.69) is 0 Å². The fourth-order valence-corrected chi connectivity index (χ4v) is 2.40. The number of halogens is 1. The first-order chi connectivity index (χ1) is 12.1. The molecule has 2 rings (SSSR count). The van der Waals surface area contributed by atoms with Gasteiger partial charge in [-0.25, -0.2) is 4.79 Å². The molecule has 0 aliphatic rings. The third kappa shape index (κ3) is 5.16. The Labute approximate surface area is 151 Å². The average Bonchev–Trinajstić information content (AvgIpc) is 2.63. The Hall–Kier alpha value is -2.66. The number of ether oxygens (including phenoxy) is 4. The number of carbonyl (C=O) groups excluding carboxylic acids is 1. The van der Waals surface area contributed by atoms with Crippen LogP contribution >= 0.6 is 11.6 Å². The van der Waals surface area contributed by atoms with Crippen LogP contribution in [0.15, 0.2) is 42.5 Å². The van der Waals surface area contributed by atoms with Crippen LogP contribution in [0.2, 0.25) is 5.02 Å². The van der Waals surface area contributed by atoms with Crippen molar-refractivity contribution in [3.05, 3.63) is 58.6 Å². The molecule has 0 aliphatic carbocycles. The van der Waals surface area contributed by atoms with Gasteiger partial charge in [-0.15, -0.1) is 0 Å². The summed E-state index contributed by atoms with van der Waals surface area (Å²) in [6.07, 6.45) is 2.95. The predicted octanol–water partition coefficient (Wildman–Crippen LogP) is 4.12. The van der Waals surface area contributed by atoms with Gasteiger partial charge in [-0.05, 0) is 41.5 Å². The molecular weight excluding hydrogens is 344 g/mol. The Morgan fingerprint density at radius 1 is 1.04 bits per heavy atom. The minimum atomic E-state index is -0.464. The lowest BCUT2D eigenvalue weighted by molar-refractivity contribution is -0.138. The zero-order valence-corrected chi connectivity index (χ0v) is 15.0. The normalized spacial score (nSPS) is 10.6. The lowest BCUT2D eigenvalue weighted by Gasteiger charge is -2.12. The average molecular weight is 363 g/mol. The van der Waals surface area contributed by atoms with Gasteiger partial charge in [-0.2, -0.15) is 0 Å². The monoisotopic (exact) mass is 362 g/mol. The van der Waals surface area contributed by atoms with Gasteiger partial charge >= 0.3 is 5.97 Å². The third-order valence-corrected chi connectivity index (χ3v) is 3.60. The van der Waals surface area contributed by atoms with Gasteiger partial charge in [0.2, 0.25) is 5.75 Å². The van der Waals surface area contributed by atoms with E-state index >= 15 is 0 Å². The largest absolute Gasteiger partial charge is 0.493 e. The molecule has 0 saturated carbocycles. The maximum Gasteiger partial charge on any atom is 0.331 e. The topological polar surface area (TPSA) is 54.0 Å². The van der Waals surface area contributed by atoms with Crippen molar-refractivity contribution < 1.29 is 23.7 Å². The lowest BCUT2D eigenvalue weighted by atomic mass is 10.1. The summed E-state index contributed by atoms with van der Waals surface area (Å²) in [4.78, 5) is 11.9. The summed E-state index contributed by atoms with van der Waals surface area (Å²) in [7, 11) is 4.59. The molecule has 0 aromatic heterocycles. The summed E-state index contributed by atoms with van der Waals surface area (Å²) < 4.78 is 21.0. The molecule has 2 aromatic rings. The van der Waals surface area contributed by atoms with Crippen LogP contribution in [0.25, 0.3) is 6.08 Å². The van der Waals surface area contributed by atoms with Gasteiger partial charge in [0.05, 0.1) is 21.3 Å². The van der Waals surface area contributed by atoms with E-state index in [1.807, 2.05) is 6.07 Å². The fourth-order valence-electron chi connectivity index (χ4n) is 2.19. The number of hydrogen-bond acceptors (Lipinski definition) is 5. The van der Waals surface area contributed by atoms with Crippen LogP contribution in [0.1, 0.15) is 11.1 Å². The van der Waals surface area contributed by atoms with Gasteiger partial charge in [0.25, 0.3) is 0 Å². The smallest absolute Gasteiger partial charge is 0.331 e. The fraction of sp³-hybridized carbons (Fsp3) is 0.211. The van der Waals surface area contributed by atoms with Crippen LogP contribution in [-0.2, 0) is 16.1 Å². The van der Waals surface area contributed by atoms with Crippen molar-refractivity contribution in [1.29, 1.82) is 0 Å². The van der Waals surface area contributed by atoms with Gasteiger partial charge in [-0.3, -0.25) is 0 Å². The van der Waals surface area contributed by atoms with Crippen molar-refractivity contribution in [3.63, 3.8) is 0 Å². The third-order valence-electron chi connectivity index (χ3n) is 3.37. The zero-order valence-electron chi connectivity index (χ0n) is 14.2. The van der Waals surface area contributed by atoms with E-state index in [0.29, 0.717) is 27.8 Å². The molecule has 132 valence electrons. The lowest BCUT2D eigenvalue weighted by Crippen LogP contribution is -2.00. The van der Waals surface area contributed by atoms with Crippen LogP contribution in [0.3, 0.4) is 0 Å². The summed E-state index contributed by atoms with van der Waals surface area (Å²) in [5, 5.41) is 0.599. The van der Waals surface area contributed by atoms with Crippen molar-refractivity contribution in [1.82, 2.24) is 0 Å². The zero-order chi connectivity index (χ0) is 18.2. The first-order valence-corrected chi connectivity index (χ1v) is 7.84. The molecule has 0 spiro atoms. The number of rotatable bonds is 7. The van der Waals surface area contributed by atoms with E-state index in [-0.39, 0.29) is 6.61 Å². The molecule has 0 amide bonds. The van der Waals surface area contributed by atoms with E-state index in [0.717, 1.165) is 5.56 Å². The predicted molar refractivity (Wildman–Crippen MR) is 96.4 cm³/mol. The Bertz CT molecular complexity index is 745. The van der Waals surface area contributed by atoms with Crippen molar-refractivity contribution in [2.45, 2.75) is 6.61 Å². The summed E-state index contributed by atoms with van der Waals surface area (Å²) in [6, 6.07) is 10.6. The molecule has 0 heterocycles. The van der Waals surface area contributed by atoms with Crippen LogP contribution in [0.5, 0.6) is 17.2 Å². The van der Waals surface area contributed by atoms with Crippen LogP contribution in [0, 0.1) is 0 Å². The second-order valence-electron chi connectivity index (χ2n) is 5.03. The maximum absolute atomic E-state index is 11.9. The first-order valence-electron chi connectivity index (χ1n) is 7.46. The standard InChI is InChI=1S/C19H19ClO5/c1-22-16-10-13(11-17(23-2)19(16)24-3)7-8-18(21)25-12-14-5-4-6-15(20)9-14/h4-11H,12H2,1-3H3/b8-7+. The van der Waals surface area contributed by atoms with Crippen LogP contribution < -0.4 is 14.2 Å². The molecule has 0 fully saturated rings. The Morgan fingerprint density at radius 3 is 2.28 bits per heavy atom. The maximum atomic E-state index is 11.9. The Balaban J connectivity index is 2.06. The summed E-state index contributed by atoms with van der Waals surface area (Å²) in [5.41, 5.74) is 1.54. The van der Waals surface area contributed by atoms with Crippen LogP contribution in [0.4, 0.5) is 0 Å². The highest BCUT2D eigenvalue weighted by molar-refractivity contribution is 6.30. The molecule has 2 aromatic carbocycles. The molecule has 0 bridgehead atoms. The molecular formula is C19H19ClO5. The van der Waals surface area contributed by atoms with Gasteiger partial charge in [0.1, 0.15) is 6.61 Å². The molecule has 0 aliphatic heterocycles. The summed E-state index contributed by atoms with van der Waals surface area (Å²) in [6.45, 7) is 0.152. The van der Waals surface area contributed by atoms with E-state index in [1.165, 1.54) is 27.4 Å². The van der Waals surface area contributed by atoms with Crippen molar-refractivity contribution in [3.8, 4) is 17.2 Å². The highest BCUT2D eigenvalue weighted by Crippen LogP contribution is 2.38. The number of esters is 1. The number of carbonyl (C=O) groups is 1. The molecule has 0 atom stereocenters. The quantitative estimate of drug-likeness (QED) is 0.547. The number of benzene rings is 2. The summed E-state index contributed by atoms with van der Waals surface area (Å²) >= 11 is 5.89. The van der Waals surface area contributed by atoms with Crippen molar-refractivity contribution >= 4 is 23.6 Å². The number of methoxy groups -OCH3 is 3. The van der Waals surface area contributed by atoms with E-state index in [1.54, 1.807) is 36.4 Å². The van der Waals surface area contributed by atoms with E-state index in [9.17, 15) is 4.79 Å². The first kappa shape index (κ1) is 18.7. The molecule has 0 saturated heterocycles. The van der Waals surface area contributed by atoms with Crippen molar-refractivity contribution in [2.24, 2.45) is 0 Å². The SMILES string of the molecule is COc1cc(/C=C/C(=O)OCc2cccc(Cl)c2)cc(OC)c1OC. The van der Waals surface area contributed by atoms with E-state index < -0.39 is 5.97 Å². The molecule has 25 heavy (non-hydrogen) atoms. The number of hydrogen-bond donors (Lipinski definition) is 0. The molecule has 0 N–H and O–H groups in total. The van der Waals surface area contributed by atoms with Gasteiger partial charge in [0.15, 0.2) is 11.5 Å². The highest BCUT2D eigenvalue weighted by Gasteiger charge is 2.12. The van der Waals surface area contributed by atoms with Crippen LogP contribution in [-0.4, -0.2) is 27.3 Å².